The highest BCUT2D eigenvalue weighted by Crippen LogP contribution is 2.53. The summed E-state index contributed by atoms with van der Waals surface area (Å²) in [7, 11) is 0. The number of esters is 1. The number of ether oxygens (including phenoxy) is 1. The van der Waals surface area contributed by atoms with Gasteiger partial charge in [-0.2, -0.15) is 0 Å². The summed E-state index contributed by atoms with van der Waals surface area (Å²) < 4.78 is 5.57. The molecule has 2 N–H and O–H groups in total. The fourth-order valence-corrected chi connectivity index (χ4v) is 4.31. The Labute approximate surface area is 134 Å². The molecule has 2 bridgehead atoms. The number of carbonyl (C=O) groups is 2. The first-order valence-corrected chi connectivity index (χ1v) is 8.03. The number of carboxylic acids is 1. The Hall–Kier alpha value is -2.30. The topological polar surface area (TPSA) is 75.6 Å². The molecule has 1 heterocycles. The van der Waals surface area contributed by atoms with Gasteiger partial charge in [-0.05, 0) is 36.8 Å². The summed E-state index contributed by atoms with van der Waals surface area (Å²) in [5.74, 6) is -0.851. The summed E-state index contributed by atoms with van der Waals surface area (Å²) in [5, 5.41) is 12.6. The summed E-state index contributed by atoms with van der Waals surface area (Å²) in [6.45, 7) is 1.66. The van der Waals surface area contributed by atoms with Gasteiger partial charge in [-0.25, -0.2) is 0 Å². The van der Waals surface area contributed by atoms with Crippen molar-refractivity contribution >= 4 is 17.6 Å². The summed E-state index contributed by atoms with van der Waals surface area (Å²) in [6.07, 6.45) is 4.97. The fraction of sp³-hybridized carbons (Fsp3) is 0.444. The minimum absolute atomic E-state index is 0.0495. The standard InChI is InChI=1S/C18H19NO4/c1-9(17(20)21)12-4-2-3-5-13(12)19-16-14-10-6-7-11(8-10)15(14)18(22)23-16/h2-7,9-11,14-16,19H,8H2,1H3,(H,20,21). The van der Waals surface area contributed by atoms with E-state index in [1.54, 1.807) is 13.0 Å². The number of nitrogens with one attached hydrogen (secondary N) is 1. The first kappa shape index (κ1) is 14.3. The largest absolute Gasteiger partial charge is 0.481 e. The fourth-order valence-electron chi connectivity index (χ4n) is 4.31. The molecule has 0 spiro atoms. The highest BCUT2D eigenvalue weighted by Gasteiger charge is 2.57. The zero-order valence-corrected chi connectivity index (χ0v) is 12.8. The van der Waals surface area contributed by atoms with Gasteiger partial charge in [0.25, 0.3) is 0 Å². The average Bonchev–Trinajstić information content (AvgIpc) is 3.21. The van der Waals surface area contributed by atoms with Crippen molar-refractivity contribution < 1.29 is 19.4 Å². The number of cyclic esters (lactones) is 1. The lowest BCUT2D eigenvalue weighted by atomic mass is 9.84. The lowest BCUT2D eigenvalue weighted by Gasteiger charge is -2.25. The summed E-state index contributed by atoms with van der Waals surface area (Å²) in [6, 6.07) is 7.33. The molecule has 6 unspecified atom stereocenters. The van der Waals surface area contributed by atoms with E-state index in [0.29, 0.717) is 17.4 Å². The predicted molar refractivity (Wildman–Crippen MR) is 83.7 cm³/mol. The number of para-hydroxylation sites is 1. The van der Waals surface area contributed by atoms with Crippen LogP contribution >= 0.6 is 0 Å². The molecule has 5 heteroatoms. The molecule has 1 saturated heterocycles. The zero-order chi connectivity index (χ0) is 16.1. The molecule has 1 aliphatic heterocycles. The van der Waals surface area contributed by atoms with E-state index in [1.807, 2.05) is 18.2 Å². The van der Waals surface area contributed by atoms with E-state index in [9.17, 15) is 14.7 Å². The maximum atomic E-state index is 12.2. The van der Waals surface area contributed by atoms with Gasteiger partial charge in [0, 0.05) is 11.6 Å². The highest BCUT2D eigenvalue weighted by atomic mass is 16.6. The van der Waals surface area contributed by atoms with Crippen LogP contribution in [0.25, 0.3) is 0 Å². The van der Waals surface area contributed by atoms with Crippen molar-refractivity contribution in [1.29, 1.82) is 0 Å². The molecule has 2 aliphatic carbocycles. The average molecular weight is 313 g/mol. The number of benzene rings is 1. The summed E-state index contributed by atoms with van der Waals surface area (Å²) in [4.78, 5) is 23.5. The number of carbonyl (C=O) groups excluding carboxylic acids is 1. The van der Waals surface area contributed by atoms with Crippen molar-refractivity contribution in [3.63, 3.8) is 0 Å². The number of aliphatic carboxylic acids is 1. The smallest absolute Gasteiger partial charge is 0.311 e. The molecule has 6 atom stereocenters. The maximum absolute atomic E-state index is 12.2. The molecule has 23 heavy (non-hydrogen) atoms. The SMILES string of the molecule is CC(C(=O)O)c1ccccc1NC1OC(=O)C2C3C=CC(C3)C12. The molecule has 0 aromatic heterocycles. The third-order valence-corrected chi connectivity index (χ3v) is 5.48. The van der Waals surface area contributed by atoms with Gasteiger partial charge >= 0.3 is 11.9 Å². The Balaban J connectivity index is 1.61. The molecule has 3 aliphatic rings. The minimum atomic E-state index is -0.872. The van der Waals surface area contributed by atoms with Crippen LogP contribution < -0.4 is 5.32 Å². The quantitative estimate of drug-likeness (QED) is 0.660. The van der Waals surface area contributed by atoms with Gasteiger partial charge in [0.1, 0.15) is 0 Å². The number of fused-ring (bicyclic) bond motifs is 5. The van der Waals surface area contributed by atoms with Gasteiger partial charge in [-0.1, -0.05) is 30.4 Å². The number of rotatable bonds is 4. The molecular formula is C18H19NO4. The summed E-state index contributed by atoms with van der Waals surface area (Å²) >= 11 is 0. The molecule has 0 amide bonds. The van der Waals surface area contributed by atoms with Crippen LogP contribution in [0.2, 0.25) is 0 Å². The van der Waals surface area contributed by atoms with Crippen LogP contribution in [0.4, 0.5) is 5.69 Å². The molecule has 5 nitrogen and oxygen atoms in total. The van der Waals surface area contributed by atoms with Crippen LogP contribution in [0.3, 0.4) is 0 Å². The normalized spacial score (nSPS) is 35.0. The van der Waals surface area contributed by atoms with Crippen molar-refractivity contribution in [2.75, 3.05) is 5.32 Å². The van der Waals surface area contributed by atoms with E-state index < -0.39 is 11.9 Å². The van der Waals surface area contributed by atoms with E-state index >= 15 is 0 Å². The number of anilines is 1. The van der Waals surface area contributed by atoms with Crippen LogP contribution in [0, 0.1) is 23.7 Å². The van der Waals surface area contributed by atoms with Crippen LogP contribution in [0.1, 0.15) is 24.8 Å². The van der Waals surface area contributed by atoms with Crippen LogP contribution in [0.15, 0.2) is 36.4 Å². The lowest BCUT2D eigenvalue weighted by Crippen LogP contribution is -2.31. The van der Waals surface area contributed by atoms with Crippen molar-refractivity contribution in [2.45, 2.75) is 25.5 Å². The molecule has 1 aromatic carbocycles. The number of allylic oxidation sites excluding steroid dienone is 2. The van der Waals surface area contributed by atoms with Crippen LogP contribution in [-0.2, 0) is 14.3 Å². The Morgan fingerprint density at radius 3 is 2.83 bits per heavy atom. The van der Waals surface area contributed by atoms with Crippen molar-refractivity contribution in [3.8, 4) is 0 Å². The Kier molecular flexibility index (Phi) is 3.18. The maximum Gasteiger partial charge on any atom is 0.311 e. The highest BCUT2D eigenvalue weighted by molar-refractivity contribution is 5.80. The lowest BCUT2D eigenvalue weighted by molar-refractivity contribution is -0.144. The molecule has 1 aromatic rings. The number of hydrogen-bond donors (Lipinski definition) is 2. The third kappa shape index (κ3) is 2.14. The van der Waals surface area contributed by atoms with Gasteiger partial charge in [-0.3, -0.25) is 9.59 Å². The second-order valence-electron chi connectivity index (χ2n) is 6.70. The number of hydrogen-bond acceptors (Lipinski definition) is 4. The minimum Gasteiger partial charge on any atom is -0.481 e. The van der Waals surface area contributed by atoms with Gasteiger partial charge in [0.15, 0.2) is 6.23 Å². The Morgan fingerprint density at radius 2 is 2.04 bits per heavy atom. The van der Waals surface area contributed by atoms with Crippen molar-refractivity contribution in [2.24, 2.45) is 23.7 Å². The van der Waals surface area contributed by atoms with E-state index in [-0.39, 0.29) is 24.0 Å². The van der Waals surface area contributed by atoms with E-state index in [1.165, 1.54) is 0 Å². The van der Waals surface area contributed by atoms with Crippen LogP contribution in [-0.4, -0.2) is 23.3 Å². The second-order valence-corrected chi connectivity index (χ2v) is 6.70. The molecule has 1 saturated carbocycles. The first-order valence-electron chi connectivity index (χ1n) is 8.03. The van der Waals surface area contributed by atoms with Gasteiger partial charge in [0.05, 0.1) is 11.8 Å². The van der Waals surface area contributed by atoms with E-state index in [4.69, 9.17) is 4.74 Å². The third-order valence-electron chi connectivity index (χ3n) is 5.48. The molecular weight excluding hydrogens is 294 g/mol. The molecule has 4 rings (SSSR count). The van der Waals surface area contributed by atoms with Crippen molar-refractivity contribution in [3.05, 3.63) is 42.0 Å². The van der Waals surface area contributed by atoms with E-state index in [0.717, 1.165) is 12.1 Å². The Morgan fingerprint density at radius 1 is 1.30 bits per heavy atom. The predicted octanol–water partition coefficient (Wildman–Crippen LogP) is 2.61. The molecule has 120 valence electrons. The van der Waals surface area contributed by atoms with Gasteiger partial charge in [0.2, 0.25) is 0 Å². The second kappa shape index (κ2) is 5.11. The Bertz CT molecular complexity index is 698. The molecule has 0 radical (unpaired) electrons. The zero-order valence-electron chi connectivity index (χ0n) is 12.8. The van der Waals surface area contributed by atoms with E-state index in [2.05, 4.69) is 17.5 Å². The molecule has 2 fully saturated rings. The monoisotopic (exact) mass is 313 g/mol. The van der Waals surface area contributed by atoms with Crippen LogP contribution in [0.5, 0.6) is 0 Å². The number of carboxylic acid groups (broad SMARTS) is 1. The van der Waals surface area contributed by atoms with Gasteiger partial charge < -0.3 is 15.2 Å². The first-order chi connectivity index (χ1) is 11.1. The summed E-state index contributed by atoms with van der Waals surface area (Å²) in [5.41, 5.74) is 1.44. The van der Waals surface area contributed by atoms with Crippen molar-refractivity contribution in [1.82, 2.24) is 0 Å². The van der Waals surface area contributed by atoms with Gasteiger partial charge in [-0.15, -0.1) is 0 Å².